The van der Waals surface area contributed by atoms with Crippen molar-refractivity contribution >= 4 is 44.1 Å². The number of nitrogens with zero attached hydrogens (tertiary/aromatic N) is 2. The van der Waals surface area contributed by atoms with Gasteiger partial charge in [-0.05, 0) is 27.5 Å². The molecular weight excluding hydrogens is 302 g/mol. The van der Waals surface area contributed by atoms with Gasteiger partial charge in [0.25, 0.3) is 0 Å². The van der Waals surface area contributed by atoms with Gasteiger partial charge in [-0.15, -0.1) is 0 Å². The number of rotatable bonds is 5. The normalized spacial score (nSPS) is 12.5. The van der Waals surface area contributed by atoms with Crippen LogP contribution in [0.5, 0.6) is 0 Å². The van der Waals surface area contributed by atoms with E-state index in [1.807, 2.05) is 6.92 Å². The second-order valence-corrected chi connectivity index (χ2v) is 5.75. The van der Waals surface area contributed by atoms with E-state index in [0.29, 0.717) is 23.9 Å². The van der Waals surface area contributed by atoms with Crippen LogP contribution in [0, 0.1) is 0 Å². The van der Waals surface area contributed by atoms with E-state index in [9.17, 15) is 4.21 Å². The van der Waals surface area contributed by atoms with Gasteiger partial charge in [0.1, 0.15) is 5.82 Å². The summed E-state index contributed by atoms with van der Waals surface area (Å²) in [5, 5.41) is 3.24. The second-order valence-electron chi connectivity index (χ2n) is 2.69. The number of anilines is 1. The van der Waals surface area contributed by atoms with E-state index in [2.05, 4.69) is 31.2 Å². The smallest absolute Gasteiger partial charge is 0.224 e. The Kier molecular flexibility index (Phi) is 5.49. The summed E-state index contributed by atoms with van der Waals surface area (Å²) in [6, 6.07) is 0. The van der Waals surface area contributed by atoms with Gasteiger partial charge in [-0.1, -0.05) is 6.92 Å². The molecule has 1 atom stereocenters. The maximum absolute atomic E-state index is 11.2. The largest absolute Gasteiger partial charge is 0.368 e. The van der Waals surface area contributed by atoms with Crippen LogP contribution < -0.4 is 5.32 Å². The molecule has 4 nitrogen and oxygen atoms in total. The lowest BCUT2D eigenvalue weighted by Gasteiger charge is -2.06. The third kappa shape index (κ3) is 4.44. The van der Waals surface area contributed by atoms with Gasteiger partial charge < -0.3 is 5.32 Å². The van der Waals surface area contributed by atoms with E-state index in [4.69, 9.17) is 11.6 Å². The zero-order valence-corrected chi connectivity index (χ0v) is 11.3. The van der Waals surface area contributed by atoms with E-state index >= 15 is 0 Å². The summed E-state index contributed by atoms with van der Waals surface area (Å²) >= 11 is 8.94. The summed E-state index contributed by atoms with van der Waals surface area (Å²) in [4.78, 5) is 7.80. The monoisotopic (exact) mass is 311 g/mol. The van der Waals surface area contributed by atoms with Crippen molar-refractivity contribution < 1.29 is 4.21 Å². The van der Waals surface area contributed by atoms with Gasteiger partial charge >= 0.3 is 0 Å². The average molecular weight is 313 g/mol. The van der Waals surface area contributed by atoms with Crippen LogP contribution in [0.3, 0.4) is 0 Å². The van der Waals surface area contributed by atoms with E-state index in [1.165, 1.54) is 0 Å². The first-order chi connectivity index (χ1) is 7.13. The molecule has 0 aliphatic carbocycles. The Bertz CT molecular complexity index is 364. The lowest BCUT2D eigenvalue weighted by molar-refractivity contribution is 0.684. The molecule has 15 heavy (non-hydrogen) atoms. The van der Waals surface area contributed by atoms with Gasteiger partial charge in [-0.3, -0.25) is 4.21 Å². The molecule has 0 saturated carbocycles. The highest BCUT2D eigenvalue weighted by atomic mass is 79.9. The van der Waals surface area contributed by atoms with Crippen molar-refractivity contribution in [2.45, 2.75) is 6.92 Å². The summed E-state index contributed by atoms with van der Waals surface area (Å²) in [6.45, 7) is 2.50. The topological polar surface area (TPSA) is 54.9 Å². The molecule has 1 N–H and O–H groups in total. The molecule has 0 radical (unpaired) electrons. The van der Waals surface area contributed by atoms with Crippen LogP contribution in [0.4, 0.5) is 5.82 Å². The molecule has 0 saturated heterocycles. The van der Waals surface area contributed by atoms with Crippen molar-refractivity contribution in [1.82, 2.24) is 9.97 Å². The average Bonchev–Trinajstić information content (AvgIpc) is 2.23. The highest BCUT2D eigenvalue weighted by Crippen LogP contribution is 2.19. The summed E-state index contributed by atoms with van der Waals surface area (Å²) < 4.78 is 11.9. The van der Waals surface area contributed by atoms with Crippen LogP contribution in [0.15, 0.2) is 10.7 Å². The van der Waals surface area contributed by atoms with Crippen molar-refractivity contribution in [3.8, 4) is 0 Å². The van der Waals surface area contributed by atoms with Gasteiger partial charge in [-0.25, -0.2) is 4.98 Å². The third-order valence-electron chi connectivity index (χ3n) is 1.66. The summed E-state index contributed by atoms with van der Waals surface area (Å²) in [6.07, 6.45) is 1.58. The van der Waals surface area contributed by atoms with Crippen molar-refractivity contribution in [1.29, 1.82) is 0 Å². The number of halogens is 2. The zero-order chi connectivity index (χ0) is 11.3. The van der Waals surface area contributed by atoms with E-state index < -0.39 is 10.8 Å². The van der Waals surface area contributed by atoms with Crippen molar-refractivity contribution in [2.75, 3.05) is 23.4 Å². The maximum atomic E-state index is 11.2. The first-order valence-electron chi connectivity index (χ1n) is 4.40. The molecule has 0 aliphatic rings. The maximum Gasteiger partial charge on any atom is 0.224 e. The quantitative estimate of drug-likeness (QED) is 0.846. The number of hydrogen-bond acceptors (Lipinski definition) is 4. The van der Waals surface area contributed by atoms with Gasteiger partial charge in [0, 0.05) is 35.0 Å². The second kappa shape index (κ2) is 6.40. The highest BCUT2D eigenvalue weighted by molar-refractivity contribution is 9.10. The minimum absolute atomic E-state index is 0.192. The Hall–Kier alpha value is -0.200. The molecule has 0 bridgehead atoms. The summed E-state index contributed by atoms with van der Waals surface area (Å²) in [7, 11) is -0.767. The predicted molar refractivity (Wildman–Crippen MR) is 66.8 cm³/mol. The third-order valence-corrected chi connectivity index (χ3v) is 3.72. The van der Waals surface area contributed by atoms with E-state index in [1.54, 1.807) is 6.20 Å². The molecule has 0 aliphatic heterocycles. The van der Waals surface area contributed by atoms with Crippen molar-refractivity contribution in [2.24, 2.45) is 0 Å². The SMILES string of the molecule is CCS(=O)CCNc1nc(Cl)ncc1Br. The van der Waals surface area contributed by atoms with Crippen molar-refractivity contribution in [3.63, 3.8) is 0 Å². The number of hydrogen-bond donors (Lipinski definition) is 1. The van der Waals surface area contributed by atoms with Crippen LogP contribution in [0.25, 0.3) is 0 Å². The van der Waals surface area contributed by atoms with Gasteiger partial charge in [0.2, 0.25) is 5.28 Å². The van der Waals surface area contributed by atoms with E-state index in [-0.39, 0.29) is 5.28 Å². The molecular formula is C8H11BrClN3OS. The standard InChI is InChI=1S/C8H11BrClN3OS/c1-2-15(14)4-3-11-7-6(9)5-12-8(10)13-7/h5H,2-4H2,1H3,(H,11,12,13). The number of nitrogens with one attached hydrogen (secondary N) is 1. The van der Waals surface area contributed by atoms with Crippen LogP contribution >= 0.6 is 27.5 Å². The molecule has 1 unspecified atom stereocenters. The van der Waals surface area contributed by atoms with Gasteiger partial charge in [0.15, 0.2) is 0 Å². The fourth-order valence-electron chi connectivity index (χ4n) is 0.897. The molecule has 0 aromatic carbocycles. The first-order valence-corrected chi connectivity index (χ1v) is 7.06. The van der Waals surface area contributed by atoms with Crippen molar-refractivity contribution in [3.05, 3.63) is 16.0 Å². The molecule has 1 aromatic heterocycles. The molecule has 84 valence electrons. The molecule has 0 spiro atoms. The molecule has 1 rings (SSSR count). The minimum atomic E-state index is -0.767. The van der Waals surface area contributed by atoms with Crippen LogP contribution in [-0.2, 0) is 10.8 Å². The molecule has 1 heterocycles. The highest BCUT2D eigenvalue weighted by Gasteiger charge is 2.03. The van der Waals surface area contributed by atoms with Crippen LogP contribution in [-0.4, -0.2) is 32.2 Å². The zero-order valence-electron chi connectivity index (χ0n) is 8.17. The number of aromatic nitrogens is 2. The summed E-state index contributed by atoms with van der Waals surface area (Å²) in [5.74, 6) is 1.90. The first kappa shape index (κ1) is 12.9. The Morgan fingerprint density at radius 3 is 3.07 bits per heavy atom. The fraction of sp³-hybridized carbons (Fsp3) is 0.500. The molecule has 0 amide bonds. The van der Waals surface area contributed by atoms with Gasteiger partial charge in [-0.2, -0.15) is 4.98 Å². The lowest BCUT2D eigenvalue weighted by atomic mass is 10.5. The fourth-order valence-corrected chi connectivity index (χ4v) is 1.98. The Morgan fingerprint density at radius 2 is 2.40 bits per heavy atom. The molecule has 7 heteroatoms. The predicted octanol–water partition coefficient (Wildman–Crippen LogP) is 2.07. The van der Waals surface area contributed by atoms with Crippen LogP contribution in [0.2, 0.25) is 5.28 Å². The molecule has 1 aromatic rings. The van der Waals surface area contributed by atoms with E-state index in [0.717, 1.165) is 4.47 Å². The van der Waals surface area contributed by atoms with Crippen LogP contribution in [0.1, 0.15) is 6.92 Å². The Balaban J connectivity index is 2.50. The lowest BCUT2D eigenvalue weighted by Crippen LogP contribution is -2.13. The summed E-state index contributed by atoms with van der Waals surface area (Å²) in [5.41, 5.74) is 0. The minimum Gasteiger partial charge on any atom is -0.368 e. The molecule has 0 fully saturated rings. The van der Waals surface area contributed by atoms with Gasteiger partial charge in [0.05, 0.1) is 4.47 Å². The Labute approximate surface area is 104 Å². The Morgan fingerprint density at radius 1 is 1.67 bits per heavy atom.